The van der Waals surface area contributed by atoms with E-state index in [4.69, 9.17) is 5.73 Å². The molecular weight excluding hydrogens is 232 g/mol. The van der Waals surface area contributed by atoms with Crippen molar-refractivity contribution in [3.05, 3.63) is 34.5 Å². The smallest absolute Gasteiger partial charge is 0.138 e. The van der Waals surface area contributed by atoms with Gasteiger partial charge in [-0.25, -0.2) is 4.98 Å². The molecular formula is C12H18N4S. The molecule has 2 heterocycles. The summed E-state index contributed by atoms with van der Waals surface area (Å²) in [7, 11) is 0. The third-order valence-corrected chi connectivity index (χ3v) is 3.39. The molecule has 2 rings (SSSR count). The van der Waals surface area contributed by atoms with E-state index in [9.17, 15) is 0 Å². The van der Waals surface area contributed by atoms with Gasteiger partial charge in [0.2, 0.25) is 0 Å². The summed E-state index contributed by atoms with van der Waals surface area (Å²) in [5.41, 5.74) is 7.45. The van der Waals surface area contributed by atoms with Gasteiger partial charge in [0.25, 0.3) is 0 Å². The lowest BCUT2D eigenvalue weighted by molar-refractivity contribution is 0.540. The van der Waals surface area contributed by atoms with E-state index in [2.05, 4.69) is 33.8 Å². The van der Waals surface area contributed by atoms with Gasteiger partial charge in [-0.1, -0.05) is 6.92 Å². The predicted molar refractivity (Wildman–Crippen MR) is 70.0 cm³/mol. The number of hydrogen-bond acceptors (Lipinski definition) is 4. The zero-order valence-electron chi connectivity index (χ0n) is 10.0. The highest BCUT2D eigenvalue weighted by atomic mass is 32.1. The van der Waals surface area contributed by atoms with E-state index < -0.39 is 0 Å². The Kier molecular flexibility index (Phi) is 4.28. The number of nitrogens with zero attached hydrogens (tertiary/aromatic N) is 3. The van der Waals surface area contributed by atoms with Crippen LogP contribution >= 0.6 is 11.3 Å². The van der Waals surface area contributed by atoms with E-state index in [1.54, 1.807) is 17.7 Å². The van der Waals surface area contributed by atoms with Crippen LogP contribution in [0.15, 0.2) is 23.2 Å². The van der Waals surface area contributed by atoms with E-state index in [1.165, 1.54) is 5.56 Å². The van der Waals surface area contributed by atoms with Crippen LogP contribution in [0.2, 0.25) is 0 Å². The van der Waals surface area contributed by atoms with Crippen molar-refractivity contribution in [3.63, 3.8) is 0 Å². The molecule has 0 spiro atoms. The second-order valence-electron chi connectivity index (χ2n) is 4.20. The molecule has 0 aliphatic heterocycles. The average Bonchev–Trinajstić information content (AvgIpc) is 2.92. The first-order valence-corrected chi connectivity index (χ1v) is 6.87. The van der Waals surface area contributed by atoms with Crippen LogP contribution in [-0.4, -0.2) is 20.8 Å². The van der Waals surface area contributed by atoms with E-state index >= 15 is 0 Å². The highest BCUT2D eigenvalue weighted by molar-refractivity contribution is 7.07. The minimum atomic E-state index is 0.115. The predicted octanol–water partition coefficient (Wildman–Crippen LogP) is 1.86. The Labute approximate surface area is 105 Å². The van der Waals surface area contributed by atoms with Crippen LogP contribution < -0.4 is 5.73 Å². The number of aromatic nitrogens is 3. The zero-order valence-corrected chi connectivity index (χ0v) is 10.9. The van der Waals surface area contributed by atoms with Crippen molar-refractivity contribution in [1.29, 1.82) is 0 Å². The van der Waals surface area contributed by atoms with Crippen molar-refractivity contribution in [3.8, 4) is 0 Å². The van der Waals surface area contributed by atoms with Crippen LogP contribution in [-0.2, 0) is 19.4 Å². The SMILES string of the molecule is CCCn1ncnc1CC(N)Cc1ccsc1. The number of thiophene rings is 1. The highest BCUT2D eigenvalue weighted by Gasteiger charge is 2.10. The highest BCUT2D eigenvalue weighted by Crippen LogP contribution is 2.10. The quantitative estimate of drug-likeness (QED) is 0.851. The number of hydrogen-bond donors (Lipinski definition) is 1. The molecule has 92 valence electrons. The van der Waals surface area contributed by atoms with Crippen molar-refractivity contribution in [2.75, 3.05) is 0 Å². The summed E-state index contributed by atoms with van der Waals surface area (Å²) >= 11 is 1.71. The summed E-state index contributed by atoms with van der Waals surface area (Å²) < 4.78 is 1.95. The summed E-state index contributed by atoms with van der Waals surface area (Å²) in [6.45, 7) is 3.05. The second-order valence-corrected chi connectivity index (χ2v) is 4.98. The summed E-state index contributed by atoms with van der Waals surface area (Å²) in [6, 6.07) is 2.24. The van der Waals surface area contributed by atoms with Gasteiger partial charge in [-0.3, -0.25) is 4.68 Å². The van der Waals surface area contributed by atoms with Crippen molar-refractivity contribution in [1.82, 2.24) is 14.8 Å². The van der Waals surface area contributed by atoms with Gasteiger partial charge in [-0.05, 0) is 35.2 Å². The molecule has 0 aliphatic carbocycles. The third kappa shape index (κ3) is 3.38. The Morgan fingerprint density at radius 3 is 3.06 bits per heavy atom. The minimum absolute atomic E-state index is 0.115. The molecule has 0 bridgehead atoms. The molecule has 0 radical (unpaired) electrons. The molecule has 0 fully saturated rings. The van der Waals surface area contributed by atoms with Gasteiger partial charge in [0.15, 0.2) is 0 Å². The minimum Gasteiger partial charge on any atom is -0.327 e. The second kappa shape index (κ2) is 5.93. The standard InChI is InChI=1S/C12H18N4S/c1-2-4-16-12(14-9-15-16)7-11(13)6-10-3-5-17-8-10/h3,5,8-9,11H,2,4,6-7,13H2,1H3. The first-order valence-electron chi connectivity index (χ1n) is 5.93. The fourth-order valence-electron chi connectivity index (χ4n) is 1.86. The fraction of sp³-hybridized carbons (Fsp3) is 0.500. The molecule has 2 aromatic rings. The van der Waals surface area contributed by atoms with Crippen LogP contribution in [0.1, 0.15) is 24.7 Å². The number of rotatable bonds is 6. The summed E-state index contributed by atoms with van der Waals surface area (Å²) in [5, 5.41) is 8.44. The first kappa shape index (κ1) is 12.3. The Bertz CT molecular complexity index is 435. The Morgan fingerprint density at radius 1 is 1.47 bits per heavy atom. The largest absolute Gasteiger partial charge is 0.327 e. The normalized spacial score (nSPS) is 12.8. The summed E-state index contributed by atoms with van der Waals surface area (Å²) in [6.07, 6.45) is 4.37. The maximum absolute atomic E-state index is 6.14. The van der Waals surface area contributed by atoms with Gasteiger partial charge in [0, 0.05) is 19.0 Å². The van der Waals surface area contributed by atoms with E-state index in [0.717, 1.165) is 31.6 Å². The van der Waals surface area contributed by atoms with Gasteiger partial charge in [-0.2, -0.15) is 16.4 Å². The van der Waals surface area contributed by atoms with E-state index in [0.29, 0.717) is 0 Å². The molecule has 17 heavy (non-hydrogen) atoms. The van der Waals surface area contributed by atoms with Crippen LogP contribution in [0.3, 0.4) is 0 Å². The van der Waals surface area contributed by atoms with Crippen LogP contribution in [0.25, 0.3) is 0 Å². The molecule has 0 saturated heterocycles. The van der Waals surface area contributed by atoms with Crippen LogP contribution in [0, 0.1) is 0 Å². The summed E-state index contributed by atoms with van der Waals surface area (Å²) in [5.74, 6) is 0.995. The molecule has 0 amide bonds. The monoisotopic (exact) mass is 250 g/mol. The van der Waals surface area contributed by atoms with Gasteiger partial charge >= 0.3 is 0 Å². The molecule has 0 aliphatic rings. The van der Waals surface area contributed by atoms with Crippen molar-refractivity contribution >= 4 is 11.3 Å². The van der Waals surface area contributed by atoms with Crippen LogP contribution in [0.5, 0.6) is 0 Å². The number of nitrogens with two attached hydrogens (primary N) is 1. The van der Waals surface area contributed by atoms with Gasteiger partial charge in [-0.15, -0.1) is 0 Å². The molecule has 0 saturated carbocycles. The molecule has 1 atom stereocenters. The van der Waals surface area contributed by atoms with Gasteiger partial charge in [0.05, 0.1) is 0 Å². The van der Waals surface area contributed by atoms with Crippen molar-refractivity contribution in [2.24, 2.45) is 5.73 Å². The lowest BCUT2D eigenvalue weighted by Gasteiger charge is -2.10. The topological polar surface area (TPSA) is 56.7 Å². The van der Waals surface area contributed by atoms with Gasteiger partial charge < -0.3 is 5.73 Å². The molecule has 4 nitrogen and oxygen atoms in total. The first-order chi connectivity index (χ1) is 8.29. The zero-order chi connectivity index (χ0) is 12.1. The molecule has 0 aromatic carbocycles. The Hall–Kier alpha value is -1.20. The van der Waals surface area contributed by atoms with Crippen LogP contribution in [0.4, 0.5) is 0 Å². The maximum Gasteiger partial charge on any atom is 0.138 e. The maximum atomic E-state index is 6.14. The molecule has 5 heteroatoms. The van der Waals surface area contributed by atoms with Crippen molar-refractivity contribution in [2.45, 2.75) is 38.8 Å². The molecule has 2 aromatic heterocycles. The summed E-state index contributed by atoms with van der Waals surface area (Å²) in [4.78, 5) is 4.28. The van der Waals surface area contributed by atoms with E-state index in [-0.39, 0.29) is 6.04 Å². The van der Waals surface area contributed by atoms with Crippen molar-refractivity contribution < 1.29 is 0 Å². The van der Waals surface area contributed by atoms with Gasteiger partial charge in [0.1, 0.15) is 12.2 Å². The Balaban J connectivity index is 1.93. The molecule has 2 N–H and O–H groups in total. The van der Waals surface area contributed by atoms with E-state index in [1.807, 2.05) is 4.68 Å². The lowest BCUT2D eigenvalue weighted by atomic mass is 10.1. The fourth-order valence-corrected chi connectivity index (χ4v) is 2.54. The third-order valence-electron chi connectivity index (χ3n) is 2.65. The number of aryl methyl sites for hydroxylation is 1. The average molecular weight is 250 g/mol. The molecule has 1 unspecified atom stereocenters. The lowest BCUT2D eigenvalue weighted by Crippen LogP contribution is -2.27. The Morgan fingerprint density at radius 2 is 2.35 bits per heavy atom.